The van der Waals surface area contributed by atoms with Gasteiger partial charge in [-0.05, 0) is 38.8 Å². The Morgan fingerprint density at radius 3 is 2.40 bits per heavy atom. The molecule has 2 heterocycles. The van der Waals surface area contributed by atoms with Gasteiger partial charge in [0.1, 0.15) is 11.5 Å². The number of aromatic nitrogens is 4. The summed E-state index contributed by atoms with van der Waals surface area (Å²) < 4.78 is 22.1. The van der Waals surface area contributed by atoms with E-state index >= 15 is 4.39 Å². The second kappa shape index (κ2) is 11.9. The van der Waals surface area contributed by atoms with Crippen LogP contribution in [-0.2, 0) is 11.8 Å². The normalized spacial score (nSPS) is 13.0. The van der Waals surface area contributed by atoms with Crippen LogP contribution in [0.1, 0.15) is 47.7 Å². The smallest absolute Gasteiger partial charge is 0.272 e. The van der Waals surface area contributed by atoms with Crippen LogP contribution in [0.5, 0.6) is 5.75 Å². The SMILES string of the molecule is [B]C([B])([B])NC(=O)c1nnc(NC(=O)C2CC2)cc1Nc1cc(F)cc(-c2cc(C(=O)N(C)C(C)C)n(C)n2)c1OC. The molecule has 0 saturated heterocycles. The summed E-state index contributed by atoms with van der Waals surface area (Å²) in [5, 5.41) is 17.9. The van der Waals surface area contributed by atoms with E-state index in [1.54, 1.807) is 19.0 Å². The van der Waals surface area contributed by atoms with Crippen LogP contribution in [0.15, 0.2) is 24.3 Å². The first-order valence-corrected chi connectivity index (χ1v) is 13.0. The van der Waals surface area contributed by atoms with Gasteiger partial charge in [0, 0.05) is 43.8 Å². The van der Waals surface area contributed by atoms with Crippen molar-refractivity contribution in [2.45, 2.75) is 38.0 Å². The molecule has 212 valence electrons. The summed E-state index contributed by atoms with van der Waals surface area (Å²) in [7, 11) is 21.2. The number of ether oxygens (including phenoxy) is 1. The van der Waals surface area contributed by atoms with Crippen molar-refractivity contribution in [3.8, 4) is 17.0 Å². The van der Waals surface area contributed by atoms with Crippen LogP contribution in [-0.4, -0.2) is 91.6 Å². The number of rotatable bonds is 10. The summed E-state index contributed by atoms with van der Waals surface area (Å²) in [5.41, 5.74) is 0.543. The standard InChI is InChI=1S/C26H28B3FN8O4/c1-12(2)37(3)25(41)19-10-16(36-38(19)4)15-8-14(30)9-18(22(15)42-5)31-17-11-20(32-23(39)13-6-7-13)34-35-21(17)24(40)33-26(27,28)29/h8-13H,6-7H2,1-5H3,(H,33,40)(H2,31,32,34,39). The van der Waals surface area contributed by atoms with Gasteiger partial charge in [-0.2, -0.15) is 5.10 Å². The van der Waals surface area contributed by atoms with Crippen LogP contribution in [0.4, 0.5) is 21.6 Å². The van der Waals surface area contributed by atoms with E-state index in [0.717, 1.165) is 18.9 Å². The Morgan fingerprint density at radius 2 is 1.81 bits per heavy atom. The largest absolute Gasteiger partial charge is 0.494 e. The van der Waals surface area contributed by atoms with Gasteiger partial charge in [0.05, 0.1) is 47.7 Å². The summed E-state index contributed by atoms with van der Waals surface area (Å²) >= 11 is 0. The molecule has 1 aliphatic rings. The molecular weight excluding hydrogens is 540 g/mol. The lowest BCUT2D eigenvalue weighted by Gasteiger charge is -2.23. The number of hydrogen-bond acceptors (Lipinski definition) is 8. The average molecular weight is 568 g/mol. The van der Waals surface area contributed by atoms with E-state index in [9.17, 15) is 14.4 Å². The van der Waals surface area contributed by atoms with Crippen LogP contribution in [0, 0.1) is 11.7 Å². The Bertz CT molecular complexity index is 1540. The third-order valence-electron chi connectivity index (χ3n) is 6.54. The van der Waals surface area contributed by atoms with E-state index < -0.39 is 17.0 Å². The van der Waals surface area contributed by atoms with Crippen molar-refractivity contribution in [2.75, 3.05) is 24.8 Å². The fourth-order valence-corrected chi connectivity index (χ4v) is 4.00. The van der Waals surface area contributed by atoms with Crippen LogP contribution in [0.25, 0.3) is 11.3 Å². The van der Waals surface area contributed by atoms with Gasteiger partial charge in [0.25, 0.3) is 11.8 Å². The van der Waals surface area contributed by atoms with Crippen molar-refractivity contribution in [3.63, 3.8) is 0 Å². The maximum absolute atomic E-state index is 15.0. The number of halogens is 1. The van der Waals surface area contributed by atoms with Gasteiger partial charge < -0.3 is 25.6 Å². The highest BCUT2D eigenvalue weighted by molar-refractivity contribution is 6.60. The number of amides is 3. The molecule has 1 aliphatic carbocycles. The summed E-state index contributed by atoms with van der Waals surface area (Å²) in [6.07, 6.45) is 1.52. The van der Waals surface area contributed by atoms with Gasteiger partial charge >= 0.3 is 0 Å². The van der Waals surface area contributed by atoms with Crippen LogP contribution < -0.4 is 20.7 Å². The number of carbonyl (C=O) groups excluding carboxylic acids is 3. The number of aryl methyl sites for hydroxylation is 1. The number of anilines is 3. The number of methoxy groups -OCH3 is 1. The maximum atomic E-state index is 15.0. The molecule has 6 radical (unpaired) electrons. The van der Waals surface area contributed by atoms with E-state index in [1.165, 1.54) is 30.0 Å². The number of carbonyl (C=O) groups is 3. The van der Waals surface area contributed by atoms with Gasteiger partial charge in [-0.15, -0.1) is 10.2 Å². The summed E-state index contributed by atoms with van der Waals surface area (Å²) in [6, 6.07) is 5.16. The Morgan fingerprint density at radius 1 is 1.12 bits per heavy atom. The molecule has 1 saturated carbocycles. The predicted octanol–water partition coefficient (Wildman–Crippen LogP) is 1.44. The summed E-state index contributed by atoms with van der Waals surface area (Å²) in [4.78, 5) is 39.8. The second-order valence-corrected chi connectivity index (χ2v) is 10.3. The molecule has 0 atom stereocenters. The van der Waals surface area contributed by atoms with E-state index in [4.69, 9.17) is 28.3 Å². The van der Waals surface area contributed by atoms with Crippen molar-refractivity contribution >= 4 is 58.5 Å². The molecular formula is C26H28B3FN8O4. The number of benzene rings is 1. The number of nitrogens with one attached hydrogen (secondary N) is 3. The number of hydrogen-bond donors (Lipinski definition) is 3. The van der Waals surface area contributed by atoms with Crippen LogP contribution in [0.2, 0.25) is 0 Å². The molecule has 2 aromatic heterocycles. The first kappa shape index (κ1) is 30.6. The molecule has 4 rings (SSSR count). The zero-order valence-corrected chi connectivity index (χ0v) is 23.9. The molecule has 3 N–H and O–H groups in total. The highest BCUT2D eigenvalue weighted by atomic mass is 19.1. The molecule has 16 heteroatoms. The molecule has 3 aromatic rings. The zero-order chi connectivity index (χ0) is 30.9. The topological polar surface area (TPSA) is 143 Å². The monoisotopic (exact) mass is 568 g/mol. The molecule has 12 nitrogen and oxygen atoms in total. The van der Waals surface area contributed by atoms with E-state index in [0.29, 0.717) is 0 Å². The zero-order valence-electron chi connectivity index (χ0n) is 23.9. The molecule has 42 heavy (non-hydrogen) atoms. The highest BCUT2D eigenvalue weighted by Gasteiger charge is 2.30. The highest BCUT2D eigenvalue weighted by Crippen LogP contribution is 2.39. The maximum Gasteiger partial charge on any atom is 0.272 e. The van der Waals surface area contributed by atoms with Gasteiger partial charge in [0.15, 0.2) is 17.3 Å². The Kier molecular flexibility index (Phi) is 8.64. The van der Waals surface area contributed by atoms with Gasteiger partial charge in [-0.3, -0.25) is 19.1 Å². The van der Waals surface area contributed by atoms with Crippen molar-refractivity contribution < 1.29 is 23.5 Å². The predicted molar refractivity (Wildman–Crippen MR) is 157 cm³/mol. The quantitative estimate of drug-likeness (QED) is 0.312. The number of nitrogens with zero attached hydrogens (tertiary/aromatic N) is 5. The van der Waals surface area contributed by atoms with Crippen LogP contribution >= 0.6 is 0 Å². The molecule has 3 amide bonds. The molecule has 0 unspecified atom stereocenters. The van der Waals surface area contributed by atoms with Crippen molar-refractivity contribution in [2.24, 2.45) is 13.0 Å². The molecule has 0 spiro atoms. The minimum absolute atomic E-state index is 0.00291. The van der Waals surface area contributed by atoms with E-state index in [1.807, 2.05) is 13.8 Å². The minimum atomic E-state index is -2.07. The van der Waals surface area contributed by atoms with Gasteiger partial charge in [-0.25, -0.2) is 4.39 Å². The van der Waals surface area contributed by atoms with Crippen molar-refractivity contribution in [1.29, 1.82) is 0 Å². The molecule has 1 fully saturated rings. The fraction of sp³-hybridized carbons (Fsp3) is 0.385. The lowest BCUT2D eigenvalue weighted by Crippen LogP contribution is -2.50. The third-order valence-corrected chi connectivity index (χ3v) is 6.54. The fourth-order valence-electron chi connectivity index (χ4n) is 4.00. The first-order chi connectivity index (χ1) is 19.7. The second-order valence-electron chi connectivity index (χ2n) is 10.3. The Hall–Kier alpha value is -4.36. The minimum Gasteiger partial charge on any atom is -0.494 e. The molecule has 1 aromatic carbocycles. The van der Waals surface area contributed by atoms with Gasteiger partial charge in [-0.1, -0.05) is 5.24 Å². The first-order valence-electron chi connectivity index (χ1n) is 13.0. The van der Waals surface area contributed by atoms with Gasteiger partial charge in [0.2, 0.25) is 5.91 Å². The van der Waals surface area contributed by atoms with E-state index in [-0.39, 0.29) is 69.4 Å². The van der Waals surface area contributed by atoms with E-state index in [2.05, 4.69) is 31.2 Å². The Balaban J connectivity index is 1.77. The molecule has 0 aliphatic heterocycles. The van der Waals surface area contributed by atoms with Crippen molar-refractivity contribution in [3.05, 3.63) is 41.5 Å². The molecule has 0 bridgehead atoms. The average Bonchev–Trinajstić information content (AvgIpc) is 3.68. The summed E-state index contributed by atoms with van der Waals surface area (Å²) in [6.45, 7) is 3.76. The third kappa shape index (κ3) is 6.92. The lowest BCUT2D eigenvalue weighted by molar-refractivity contribution is -0.117. The lowest BCUT2D eigenvalue weighted by atomic mass is 9.49. The van der Waals surface area contributed by atoms with Crippen LogP contribution in [0.3, 0.4) is 0 Å². The van der Waals surface area contributed by atoms with Crippen molar-refractivity contribution in [1.82, 2.24) is 30.2 Å². The summed E-state index contributed by atoms with van der Waals surface area (Å²) in [5.74, 6) is -2.02. The Labute approximate surface area is 246 Å².